The van der Waals surface area contributed by atoms with Crippen LogP contribution in [-0.2, 0) is 7.05 Å². The van der Waals surface area contributed by atoms with Crippen LogP contribution in [0.1, 0.15) is 11.6 Å². The number of ether oxygens (including phenoxy) is 1. The smallest absolute Gasteiger partial charge is 0.123 e. The molecule has 112 valence electrons. The highest BCUT2D eigenvalue weighted by atomic mass is 16.5. The van der Waals surface area contributed by atoms with Gasteiger partial charge in [0.2, 0.25) is 0 Å². The van der Waals surface area contributed by atoms with Crippen LogP contribution >= 0.6 is 0 Å². The van der Waals surface area contributed by atoms with E-state index in [4.69, 9.17) is 4.74 Å². The normalized spacial score (nSPS) is 12.6. The number of benzene rings is 1. The predicted molar refractivity (Wildman–Crippen MR) is 84.4 cm³/mol. The van der Waals surface area contributed by atoms with E-state index in [2.05, 4.69) is 16.3 Å². The maximum atomic E-state index is 9.47. The zero-order chi connectivity index (χ0) is 15.4. The van der Waals surface area contributed by atoms with Gasteiger partial charge in [-0.05, 0) is 32.3 Å². The minimum atomic E-state index is -0.319. The van der Waals surface area contributed by atoms with Crippen molar-refractivity contribution in [2.24, 2.45) is 7.05 Å². The van der Waals surface area contributed by atoms with E-state index in [9.17, 15) is 5.26 Å². The van der Waals surface area contributed by atoms with E-state index >= 15 is 0 Å². The van der Waals surface area contributed by atoms with Crippen LogP contribution in [0.5, 0.6) is 5.75 Å². The number of hydrogen-bond donors (Lipinski definition) is 1. The maximum absolute atomic E-state index is 9.47. The summed E-state index contributed by atoms with van der Waals surface area (Å²) in [4.78, 5) is 2.09. The maximum Gasteiger partial charge on any atom is 0.123 e. The lowest BCUT2D eigenvalue weighted by Crippen LogP contribution is -2.29. The van der Waals surface area contributed by atoms with Crippen molar-refractivity contribution in [2.45, 2.75) is 6.04 Å². The Hall–Kier alpha value is -2.03. The van der Waals surface area contributed by atoms with E-state index in [0.29, 0.717) is 0 Å². The van der Waals surface area contributed by atoms with Gasteiger partial charge in [0.25, 0.3) is 0 Å². The summed E-state index contributed by atoms with van der Waals surface area (Å²) in [5, 5.41) is 13.8. The molecular formula is C16H22N4O. The highest BCUT2D eigenvalue weighted by Gasteiger charge is 2.16. The number of fused-ring (bicyclic) bond motifs is 1. The van der Waals surface area contributed by atoms with Gasteiger partial charge in [0.1, 0.15) is 11.8 Å². The third kappa shape index (κ3) is 3.35. The average Bonchev–Trinajstić information content (AvgIpc) is 2.80. The molecule has 21 heavy (non-hydrogen) atoms. The molecular weight excluding hydrogens is 264 g/mol. The second kappa shape index (κ2) is 6.61. The van der Waals surface area contributed by atoms with Gasteiger partial charge >= 0.3 is 0 Å². The van der Waals surface area contributed by atoms with E-state index in [1.54, 1.807) is 7.11 Å². The molecule has 1 N–H and O–H groups in total. The van der Waals surface area contributed by atoms with Crippen molar-refractivity contribution in [1.82, 2.24) is 14.8 Å². The van der Waals surface area contributed by atoms with Gasteiger partial charge in [-0.1, -0.05) is 0 Å². The molecule has 2 rings (SSSR count). The fourth-order valence-corrected chi connectivity index (χ4v) is 2.42. The molecule has 0 spiro atoms. The van der Waals surface area contributed by atoms with Gasteiger partial charge in [0, 0.05) is 42.8 Å². The molecule has 0 bridgehead atoms. The van der Waals surface area contributed by atoms with Crippen LogP contribution in [0.2, 0.25) is 0 Å². The molecule has 5 nitrogen and oxygen atoms in total. The topological polar surface area (TPSA) is 53.2 Å². The van der Waals surface area contributed by atoms with Crippen LogP contribution in [0.3, 0.4) is 0 Å². The number of rotatable bonds is 6. The van der Waals surface area contributed by atoms with Crippen LogP contribution in [0.15, 0.2) is 24.4 Å². The molecule has 2 aromatic rings. The molecule has 1 aromatic carbocycles. The predicted octanol–water partition coefficient (Wildman–Crippen LogP) is 1.90. The zero-order valence-corrected chi connectivity index (χ0v) is 13.1. The summed E-state index contributed by atoms with van der Waals surface area (Å²) in [7, 11) is 7.69. The Kier molecular flexibility index (Phi) is 4.84. The van der Waals surface area contributed by atoms with Crippen LogP contribution < -0.4 is 10.1 Å². The third-order valence-electron chi connectivity index (χ3n) is 3.58. The van der Waals surface area contributed by atoms with Crippen LogP contribution in [0, 0.1) is 11.3 Å². The minimum Gasteiger partial charge on any atom is -0.497 e. The Bertz CT molecular complexity index is 654. The first kappa shape index (κ1) is 15.4. The molecule has 0 aliphatic heterocycles. The summed E-state index contributed by atoms with van der Waals surface area (Å²) < 4.78 is 7.34. The van der Waals surface area contributed by atoms with Crippen molar-refractivity contribution in [3.63, 3.8) is 0 Å². The lowest BCUT2D eigenvalue weighted by Gasteiger charge is -2.14. The highest BCUT2D eigenvalue weighted by molar-refractivity contribution is 5.86. The van der Waals surface area contributed by atoms with Gasteiger partial charge in [-0.2, -0.15) is 5.26 Å². The summed E-state index contributed by atoms with van der Waals surface area (Å²) in [6.07, 6.45) is 2.01. The van der Waals surface area contributed by atoms with Crippen LogP contribution in [0.4, 0.5) is 0 Å². The van der Waals surface area contributed by atoms with Gasteiger partial charge < -0.3 is 14.2 Å². The Morgan fingerprint density at radius 1 is 1.43 bits per heavy atom. The fourth-order valence-electron chi connectivity index (χ4n) is 2.42. The van der Waals surface area contributed by atoms with Crippen molar-refractivity contribution in [3.05, 3.63) is 30.0 Å². The van der Waals surface area contributed by atoms with E-state index in [-0.39, 0.29) is 6.04 Å². The number of aryl methyl sites for hydroxylation is 1. The summed E-state index contributed by atoms with van der Waals surface area (Å²) in [5.74, 6) is 0.805. The lowest BCUT2D eigenvalue weighted by atomic mass is 10.1. The molecule has 5 heteroatoms. The highest BCUT2D eigenvalue weighted by Crippen LogP contribution is 2.29. The fraction of sp³-hybridized carbons (Fsp3) is 0.438. The van der Waals surface area contributed by atoms with E-state index in [1.165, 1.54) is 0 Å². The Labute approximate surface area is 125 Å². The summed E-state index contributed by atoms with van der Waals surface area (Å²) in [6, 6.07) is 7.98. The second-order valence-electron chi connectivity index (χ2n) is 5.40. The van der Waals surface area contributed by atoms with Gasteiger partial charge in [-0.25, -0.2) is 0 Å². The molecule has 0 aliphatic carbocycles. The van der Waals surface area contributed by atoms with Crippen molar-refractivity contribution in [3.8, 4) is 11.8 Å². The zero-order valence-electron chi connectivity index (χ0n) is 13.1. The van der Waals surface area contributed by atoms with Gasteiger partial charge in [0.15, 0.2) is 0 Å². The first-order valence-electron chi connectivity index (χ1n) is 6.97. The standard InChI is InChI=1S/C16H22N4O/c1-19(2)8-7-18-15(10-17)14-11-20(3)16-6-5-12(21-4)9-13(14)16/h5-6,9,11,15,18H,7-8H2,1-4H3. The second-order valence-corrected chi connectivity index (χ2v) is 5.40. The Morgan fingerprint density at radius 2 is 2.19 bits per heavy atom. The monoisotopic (exact) mass is 286 g/mol. The van der Waals surface area contributed by atoms with Crippen LogP contribution in [-0.4, -0.2) is 43.8 Å². The molecule has 1 heterocycles. The number of hydrogen-bond acceptors (Lipinski definition) is 4. The Morgan fingerprint density at radius 3 is 2.81 bits per heavy atom. The molecule has 0 radical (unpaired) electrons. The summed E-state index contributed by atoms with van der Waals surface area (Å²) in [5.41, 5.74) is 2.09. The third-order valence-corrected chi connectivity index (χ3v) is 3.58. The van der Waals surface area contributed by atoms with E-state index < -0.39 is 0 Å². The first-order valence-corrected chi connectivity index (χ1v) is 6.97. The van der Waals surface area contributed by atoms with Crippen molar-refractivity contribution in [1.29, 1.82) is 5.26 Å². The van der Waals surface area contributed by atoms with Gasteiger partial charge in [-0.15, -0.1) is 0 Å². The number of aromatic nitrogens is 1. The molecule has 0 fully saturated rings. The molecule has 0 saturated carbocycles. The number of nitrogens with zero attached hydrogens (tertiary/aromatic N) is 3. The van der Waals surface area contributed by atoms with Gasteiger partial charge in [0.05, 0.1) is 13.2 Å². The number of likely N-dealkylation sites (N-methyl/N-ethyl adjacent to an activating group) is 1. The molecule has 1 aromatic heterocycles. The van der Waals surface area contributed by atoms with Gasteiger partial charge in [-0.3, -0.25) is 5.32 Å². The van der Waals surface area contributed by atoms with Crippen LogP contribution in [0.25, 0.3) is 10.9 Å². The van der Waals surface area contributed by atoms with E-state index in [0.717, 1.165) is 35.3 Å². The largest absolute Gasteiger partial charge is 0.497 e. The molecule has 1 unspecified atom stereocenters. The number of nitriles is 1. The van der Waals surface area contributed by atoms with E-state index in [1.807, 2.05) is 50.1 Å². The Balaban J connectivity index is 2.32. The molecule has 0 saturated heterocycles. The SMILES string of the molecule is COc1ccc2c(c1)c(C(C#N)NCCN(C)C)cn2C. The lowest BCUT2D eigenvalue weighted by molar-refractivity contribution is 0.395. The quantitative estimate of drug-likeness (QED) is 0.881. The molecule has 0 amide bonds. The van der Waals surface area contributed by atoms with Crippen molar-refractivity contribution < 1.29 is 4.74 Å². The molecule has 0 aliphatic rings. The summed E-state index contributed by atoms with van der Waals surface area (Å²) >= 11 is 0. The number of nitrogens with one attached hydrogen (secondary N) is 1. The van der Waals surface area contributed by atoms with Crippen molar-refractivity contribution in [2.75, 3.05) is 34.3 Å². The molecule has 1 atom stereocenters. The minimum absolute atomic E-state index is 0.319. The first-order chi connectivity index (χ1) is 10.1. The number of methoxy groups -OCH3 is 1. The van der Waals surface area contributed by atoms with Crippen molar-refractivity contribution >= 4 is 10.9 Å². The average molecular weight is 286 g/mol. The summed E-state index contributed by atoms with van der Waals surface area (Å²) in [6.45, 7) is 1.66.